The van der Waals surface area contributed by atoms with Crippen molar-refractivity contribution in [1.82, 2.24) is 4.90 Å². The summed E-state index contributed by atoms with van der Waals surface area (Å²) in [6.45, 7) is 1.81. The highest BCUT2D eigenvalue weighted by Gasteiger charge is 2.13. The van der Waals surface area contributed by atoms with E-state index in [-0.39, 0.29) is 5.78 Å². The Kier molecular flexibility index (Phi) is 3.85. The zero-order chi connectivity index (χ0) is 13.8. The van der Waals surface area contributed by atoms with Crippen molar-refractivity contribution in [3.8, 4) is 11.3 Å². The molecule has 0 amide bonds. The zero-order valence-corrected chi connectivity index (χ0v) is 11.4. The highest BCUT2D eigenvalue weighted by atomic mass is 16.3. The van der Waals surface area contributed by atoms with E-state index in [1.165, 1.54) is 0 Å². The summed E-state index contributed by atoms with van der Waals surface area (Å²) < 4.78 is 5.66. The third kappa shape index (κ3) is 3.13. The molecule has 3 nitrogen and oxygen atoms in total. The molecular weight excluding hydrogens is 238 g/mol. The van der Waals surface area contributed by atoms with Crippen LogP contribution >= 0.6 is 0 Å². The molecule has 3 heteroatoms. The Bertz CT molecular complexity index is 594. The van der Waals surface area contributed by atoms with Gasteiger partial charge in [0.1, 0.15) is 11.5 Å². The van der Waals surface area contributed by atoms with Crippen LogP contribution < -0.4 is 0 Å². The Morgan fingerprint density at radius 3 is 2.53 bits per heavy atom. The number of rotatable bonds is 4. The van der Waals surface area contributed by atoms with Gasteiger partial charge in [-0.05, 0) is 13.0 Å². The van der Waals surface area contributed by atoms with Crippen molar-refractivity contribution in [3.63, 3.8) is 0 Å². The molecule has 0 spiro atoms. The highest BCUT2D eigenvalue weighted by molar-refractivity contribution is 6.05. The van der Waals surface area contributed by atoms with Gasteiger partial charge in [0.2, 0.25) is 0 Å². The molecule has 2 aromatic rings. The number of allylic oxidation sites excluding steroid dienone is 1. The maximum absolute atomic E-state index is 12.0. The molecule has 98 valence electrons. The van der Waals surface area contributed by atoms with Crippen molar-refractivity contribution >= 4 is 5.78 Å². The third-order valence-electron chi connectivity index (χ3n) is 2.77. The van der Waals surface area contributed by atoms with Gasteiger partial charge >= 0.3 is 0 Å². The van der Waals surface area contributed by atoms with E-state index in [4.69, 9.17) is 4.42 Å². The molecule has 0 aliphatic carbocycles. The van der Waals surface area contributed by atoms with E-state index in [0.29, 0.717) is 11.3 Å². The molecular formula is C16H17NO2. The monoisotopic (exact) mass is 255 g/mol. The van der Waals surface area contributed by atoms with Crippen LogP contribution in [-0.2, 0) is 0 Å². The summed E-state index contributed by atoms with van der Waals surface area (Å²) >= 11 is 0. The van der Waals surface area contributed by atoms with Crippen molar-refractivity contribution in [2.75, 3.05) is 14.1 Å². The van der Waals surface area contributed by atoms with Gasteiger partial charge in [-0.3, -0.25) is 4.79 Å². The van der Waals surface area contributed by atoms with Crippen molar-refractivity contribution < 1.29 is 9.21 Å². The van der Waals surface area contributed by atoms with Crippen LogP contribution in [0.5, 0.6) is 0 Å². The van der Waals surface area contributed by atoms with Crippen molar-refractivity contribution in [2.24, 2.45) is 0 Å². The number of hydrogen-bond donors (Lipinski definition) is 0. The molecule has 0 unspecified atom stereocenters. The lowest BCUT2D eigenvalue weighted by molar-refractivity contribution is 0.104. The van der Waals surface area contributed by atoms with Crippen LogP contribution in [0.3, 0.4) is 0 Å². The number of nitrogens with zero attached hydrogens (tertiary/aromatic N) is 1. The molecule has 0 N–H and O–H groups in total. The predicted octanol–water partition coefficient (Wildman–Crippen LogP) is 3.51. The second-order valence-corrected chi connectivity index (χ2v) is 4.59. The lowest BCUT2D eigenvalue weighted by Gasteiger charge is -2.01. The van der Waals surface area contributed by atoms with E-state index >= 15 is 0 Å². The van der Waals surface area contributed by atoms with Crippen LogP contribution in [0.4, 0.5) is 0 Å². The fraction of sp³-hybridized carbons (Fsp3) is 0.188. The maximum atomic E-state index is 12.0. The molecule has 0 saturated carbocycles. The largest absolute Gasteiger partial charge is 0.461 e. The number of ketones is 1. The van der Waals surface area contributed by atoms with Crippen LogP contribution in [0.25, 0.3) is 11.3 Å². The predicted molar refractivity (Wildman–Crippen MR) is 76.0 cm³/mol. The number of carbonyl (C=O) groups is 1. The van der Waals surface area contributed by atoms with E-state index < -0.39 is 0 Å². The number of carbonyl (C=O) groups excluding carboxylic acids is 1. The van der Waals surface area contributed by atoms with Gasteiger partial charge in [-0.1, -0.05) is 30.3 Å². The number of furan rings is 1. The van der Waals surface area contributed by atoms with Gasteiger partial charge in [0.25, 0.3) is 0 Å². The quantitative estimate of drug-likeness (QED) is 0.619. The lowest BCUT2D eigenvalue weighted by Crippen LogP contribution is -2.03. The Labute approximate surface area is 113 Å². The minimum atomic E-state index is -0.0443. The smallest absolute Gasteiger partial charge is 0.190 e. The molecule has 19 heavy (non-hydrogen) atoms. The first-order valence-corrected chi connectivity index (χ1v) is 6.13. The topological polar surface area (TPSA) is 33.5 Å². The highest BCUT2D eigenvalue weighted by Crippen LogP contribution is 2.25. The molecule has 0 bridgehead atoms. The average Bonchev–Trinajstić information content (AvgIpc) is 2.79. The normalized spacial score (nSPS) is 10.9. The van der Waals surface area contributed by atoms with Crippen LogP contribution in [0.1, 0.15) is 16.1 Å². The van der Waals surface area contributed by atoms with Crippen molar-refractivity contribution in [1.29, 1.82) is 0 Å². The van der Waals surface area contributed by atoms with Crippen LogP contribution in [0.15, 0.2) is 53.1 Å². The van der Waals surface area contributed by atoms with E-state index in [0.717, 1.165) is 11.3 Å². The van der Waals surface area contributed by atoms with E-state index in [9.17, 15) is 4.79 Å². The molecule has 0 atom stereocenters. The lowest BCUT2D eigenvalue weighted by atomic mass is 10.1. The summed E-state index contributed by atoms with van der Waals surface area (Å²) in [6.07, 6.45) is 3.28. The fourth-order valence-corrected chi connectivity index (χ4v) is 1.78. The van der Waals surface area contributed by atoms with Gasteiger partial charge in [-0.25, -0.2) is 0 Å². The van der Waals surface area contributed by atoms with Crippen LogP contribution in [0, 0.1) is 6.92 Å². The average molecular weight is 255 g/mol. The van der Waals surface area contributed by atoms with Gasteiger partial charge < -0.3 is 9.32 Å². The second-order valence-electron chi connectivity index (χ2n) is 4.59. The summed E-state index contributed by atoms with van der Waals surface area (Å²) in [5.74, 6) is 1.32. The first kappa shape index (κ1) is 13.1. The summed E-state index contributed by atoms with van der Waals surface area (Å²) in [7, 11) is 3.75. The molecule has 1 heterocycles. The van der Waals surface area contributed by atoms with Gasteiger partial charge in [0.05, 0.1) is 5.56 Å². The van der Waals surface area contributed by atoms with Crippen molar-refractivity contribution in [2.45, 2.75) is 6.92 Å². The van der Waals surface area contributed by atoms with Crippen molar-refractivity contribution in [3.05, 3.63) is 60.0 Å². The summed E-state index contributed by atoms with van der Waals surface area (Å²) in [4.78, 5) is 13.9. The van der Waals surface area contributed by atoms with Gasteiger partial charge in [0, 0.05) is 31.9 Å². The minimum absolute atomic E-state index is 0.0443. The summed E-state index contributed by atoms with van der Waals surface area (Å²) in [5, 5.41) is 0. The first-order chi connectivity index (χ1) is 9.08. The summed E-state index contributed by atoms with van der Waals surface area (Å²) in [6, 6.07) is 11.6. The molecule has 1 aromatic carbocycles. The molecule has 1 aromatic heterocycles. The zero-order valence-electron chi connectivity index (χ0n) is 11.4. The Morgan fingerprint density at radius 1 is 1.21 bits per heavy atom. The van der Waals surface area contributed by atoms with E-state index in [1.807, 2.05) is 56.3 Å². The minimum Gasteiger partial charge on any atom is -0.461 e. The second kappa shape index (κ2) is 5.57. The molecule has 0 aliphatic rings. The maximum Gasteiger partial charge on any atom is 0.190 e. The summed E-state index contributed by atoms with van der Waals surface area (Å²) in [5.41, 5.74) is 1.58. The Morgan fingerprint density at radius 2 is 1.89 bits per heavy atom. The standard InChI is InChI=1S/C16H17NO2/c1-12-14(15(18)9-10-17(2)3)11-16(19-12)13-7-5-4-6-8-13/h4-11H,1-3H3. The molecule has 0 aliphatic heterocycles. The fourth-order valence-electron chi connectivity index (χ4n) is 1.78. The SMILES string of the molecule is Cc1oc(-c2ccccc2)cc1C(=O)C=CN(C)C. The van der Waals surface area contributed by atoms with Crippen LogP contribution in [-0.4, -0.2) is 24.8 Å². The number of hydrogen-bond acceptors (Lipinski definition) is 3. The third-order valence-corrected chi connectivity index (χ3v) is 2.77. The first-order valence-electron chi connectivity index (χ1n) is 6.13. The Balaban J connectivity index is 2.29. The van der Waals surface area contributed by atoms with Gasteiger partial charge in [0.15, 0.2) is 5.78 Å². The van der Waals surface area contributed by atoms with Crippen LogP contribution in [0.2, 0.25) is 0 Å². The molecule has 0 radical (unpaired) electrons. The van der Waals surface area contributed by atoms with E-state index in [1.54, 1.807) is 18.3 Å². The Hall–Kier alpha value is -2.29. The van der Waals surface area contributed by atoms with E-state index in [2.05, 4.69) is 0 Å². The number of aryl methyl sites for hydroxylation is 1. The van der Waals surface area contributed by atoms with Gasteiger partial charge in [-0.15, -0.1) is 0 Å². The van der Waals surface area contributed by atoms with Gasteiger partial charge in [-0.2, -0.15) is 0 Å². The number of benzene rings is 1. The molecule has 0 fully saturated rings. The molecule has 0 saturated heterocycles. The molecule has 2 rings (SSSR count).